The van der Waals surface area contributed by atoms with Gasteiger partial charge in [0.1, 0.15) is 0 Å². The second kappa shape index (κ2) is 5.23. The highest BCUT2D eigenvalue weighted by Gasteiger charge is 2.28. The summed E-state index contributed by atoms with van der Waals surface area (Å²) in [4.78, 5) is 11.9. The van der Waals surface area contributed by atoms with Gasteiger partial charge in [-0.3, -0.25) is 4.79 Å². The summed E-state index contributed by atoms with van der Waals surface area (Å²) < 4.78 is -0.107. The maximum atomic E-state index is 11.9. The van der Waals surface area contributed by atoms with Gasteiger partial charge in [-0.25, -0.2) is 0 Å². The Morgan fingerprint density at radius 1 is 1.18 bits per heavy atom. The number of aliphatic hydroxyl groups is 1. The molecule has 1 aromatic rings. The molecule has 0 bridgehead atoms. The lowest BCUT2D eigenvalue weighted by atomic mass is 9.93. The maximum absolute atomic E-state index is 11.9. The summed E-state index contributed by atoms with van der Waals surface area (Å²) in [6, 6.07) is 9.31. The van der Waals surface area contributed by atoms with E-state index in [2.05, 4.69) is 0 Å². The quantitative estimate of drug-likeness (QED) is 0.896. The van der Waals surface area contributed by atoms with Gasteiger partial charge in [0, 0.05) is 11.2 Å². The van der Waals surface area contributed by atoms with Gasteiger partial charge in [-0.1, -0.05) is 62.9 Å². The molecule has 0 heterocycles. The van der Waals surface area contributed by atoms with E-state index in [1.54, 1.807) is 6.92 Å². The fourth-order valence-corrected chi connectivity index (χ4v) is 2.59. The van der Waals surface area contributed by atoms with Crippen LogP contribution in [-0.2, 0) is 10.4 Å². The summed E-state index contributed by atoms with van der Waals surface area (Å²) in [5.74, 6) is 0. The second-order valence-electron chi connectivity index (χ2n) is 5.40. The van der Waals surface area contributed by atoms with Gasteiger partial charge in [0.25, 0.3) is 0 Å². The smallest absolute Gasteiger partial charge is 0.192 e. The lowest BCUT2D eigenvalue weighted by Gasteiger charge is -2.24. The minimum Gasteiger partial charge on any atom is -0.385 e. The van der Waals surface area contributed by atoms with Crippen LogP contribution in [0.15, 0.2) is 30.3 Å². The zero-order chi connectivity index (χ0) is 13.1. The Hall–Kier alpha value is -0.800. The van der Waals surface area contributed by atoms with Crippen LogP contribution in [0.4, 0.5) is 0 Å². The van der Waals surface area contributed by atoms with Crippen LogP contribution >= 0.6 is 11.8 Å². The van der Waals surface area contributed by atoms with Crippen molar-refractivity contribution in [1.29, 1.82) is 0 Å². The van der Waals surface area contributed by atoms with E-state index in [1.165, 1.54) is 11.8 Å². The van der Waals surface area contributed by atoms with Gasteiger partial charge in [-0.2, -0.15) is 0 Å². The lowest BCUT2D eigenvalue weighted by molar-refractivity contribution is -0.115. The Balaban J connectivity index is 2.71. The average Bonchev–Trinajstić information content (AvgIpc) is 2.15. The Morgan fingerprint density at radius 2 is 1.71 bits per heavy atom. The van der Waals surface area contributed by atoms with Crippen LogP contribution in [0.2, 0.25) is 0 Å². The van der Waals surface area contributed by atoms with Crippen molar-refractivity contribution < 1.29 is 9.90 Å². The van der Waals surface area contributed by atoms with Crippen LogP contribution in [0.25, 0.3) is 0 Å². The minimum absolute atomic E-state index is 0.0198. The van der Waals surface area contributed by atoms with Crippen molar-refractivity contribution in [3.8, 4) is 0 Å². The number of carbonyl (C=O) groups excluding carboxylic acids is 1. The molecule has 0 aliphatic heterocycles. The first kappa shape index (κ1) is 14.3. The largest absolute Gasteiger partial charge is 0.385 e. The first-order valence-corrected chi connectivity index (χ1v) is 6.52. The van der Waals surface area contributed by atoms with Crippen molar-refractivity contribution in [3.63, 3.8) is 0 Å². The molecule has 0 fully saturated rings. The topological polar surface area (TPSA) is 37.3 Å². The standard InChI is InChI=1S/C14H20O2S/c1-13(2,3)17-12(15)10-14(4,16)11-8-6-5-7-9-11/h5-9,16H,10H2,1-4H3/t14-/m1/s1. The second-order valence-corrected chi connectivity index (χ2v) is 7.29. The van der Waals surface area contributed by atoms with Gasteiger partial charge < -0.3 is 5.11 Å². The van der Waals surface area contributed by atoms with Crippen molar-refractivity contribution in [2.24, 2.45) is 0 Å². The van der Waals surface area contributed by atoms with Crippen LogP contribution in [-0.4, -0.2) is 15.0 Å². The molecule has 0 spiro atoms. The van der Waals surface area contributed by atoms with Crippen molar-refractivity contribution in [3.05, 3.63) is 35.9 Å². The predicted molar refractivity (Wildman–Crippen MR) is 73.0 cm³/mol. The molecule has 0 aromatic heterocycles. The van der Waals surface area contributed by atoms with Crippen molar-refractivity contribution in [1.82, 2.24) is 0 Å². The third-order valence-electron chi connectivity index (χ3n) is 2.30. The SMILES string of the molecule is CC(C)(C)SC(=O)C[C@@](C)(O)c1ccccc1. The van der Waals surface area contributed by atoms with E-state index in [0.29, 0.717) is 0 Å². The molecule has 1 rings (SSSR count). The molecule has 0 radical (unpaired) electrons. The van der Waals surface area contributed by atoms with Gasteiger partial charge >= 0.3 is 0 Å². The van der Waals surface area contributed by atoms with Crippen LogP contribution in [0.3, 0.4) is 0 Å². The highest BCUT2D eigenvalue weighted by molar-refractivity contribution is 8.14. The molecule has 0 amide bonds. The Labute approximate surface area is 107 Å². The van der Waals surface area contributed by atoms with Gasteiger partial charge in [-0.05, 0) is 12.5 Å². The summed E-state index contributed by atoms with van der Waals surface area (Å²) >= 11 is 1.28. The number of thioether (sulfide) groups is 1. The molecular weight excluding hydrogens is 232 g/mol. The van der Waals surface area contributed by atoms with Crippen molar-refractivity contribution in [2.75, 3.05) is 0 Å². The Kier molecular flexibility index (Phi) is 4.39. The number of carbonyl (C=O) groups is 1. The number of rotatable bonds is 3. The number of hydrogen-bond donors (Lipinski definition) is 1. The molecule has 1 aromatic carbocycles. The van der Waals surface area contributed by atoms with E-state index >= 15 is 0 Å². The normalized spacial score (nSPS) is 15.4. The zero-order valence-electron chi connectivity index (χ0n) is 10.9. The van der Waals surface area contributed by atoms with Gasteiger partial charge in [0.05, 0.1) is 5.60 Å². The molecule has 2 nitrogen and oxygen atoms in total. The van der Waals surface area contributed by atoms with Crippen molar-refractivity contribution >= 4 is 16.9 Å². The van der Waals surface area contributed by atoms with Crippen LogP contribution < -0.4 is 0 Å². The highest BCUT2D eigenvalue weighted by atomic mass is 32.2. The van der Waals surface area contributed by atoms with E-state index in [1.807, 2.05) is 51.1 Å². The minimum atomic E-state index is -1.09. The van der Waals surface area contributed by atoms with Crippen LogP contribution in [0.5, 0.6) is 0 Å². The molecule has 94 valence electrons. The van der Waals surface area contributed by atoms with E-state index in [-0.39, 0.29) is 16.3 Å². The molecule has 0 saturated heterocycles. The summed E-state index contributed by atoms with van der Waals surface area (Å²) in [7, 11) is 0. The summed E-state index contributed by atoms with van der Waals surface area (Å²) in [5, 5.41) is 10.3. The van der Waals surface area contributed by atoms with E-state index in [0.717, 1.165) is 5.56 Å². The van der Waals surface area contributed by atoms with Crippen LogP contribution in [0.1, 0.15) is 39.7 Å². The molecule has 17 heavy (non-hydrogen) atoms. The summed E-state index contributed by atoms with van der Waals surface area (Å²) in [6.07, 6.45) is 0.138. The molecule has 0 unspecified atom stereocenters. The Morgan fingerprint density at radius 3 is 2.18 bits per heavy atom. The van der Waals surface area contributed by atoms with Crippen LogP contribution in [0, 0.1) is 0 Å². The van der Waals surface area contributed by atoms with Gasteiger partial charge in [0.15, 0.2) is 5.12 Å². The third kappa shape index (κ3) is 4.92. The van der Waals surface area contributed by atoms with E-state index in [9.17, 15) is 9.90 Å². The number of hydrogen-bond acceptors (Lipinski definition) is 3. The molecular formula is C14H20O2S. The predicted octanol–water partition coefficient (Wildman–Crippen LogP) is 3.34. The molecule has 0 saturated carbocycles. The zero-order valence-corrected chi connectivity index (χ0v) is 11.7. The van der Waals surface area contributed by atoms with E-state index < -0.39 is 5.60 Å². The fourth-order valence-electron chi connectivity index (χ4n) is 1.56. The summed E-state index contributed by atoms with van der Waals surface area (Å²) in [5.41, 5.74) is -0.306. The molecule has 1 atom stereocenters. The molecule has 0 aliphatic carbocycles. The third-order valence-corrected chi connectivity index (χ3v) is 3.29. The fraction of sp³-hybridized carbons (Fsp3) is 0.500. The molecule has 1 N–H and O–H groups in total. The lowest BCUT2D eigenvalue weighted by Crippen LogP contribution is -2.25. The Bertz CT molecular complexity index is 377. The molecule has 0 aliphatic rings. The van der Waals surface area contributed by atoms with Gasteiger partial charge in [-0.15, -0.1) is 0 Å². The first-order chi connectivity index (χ1) is 7.71. The monoisotopic (exact) mass is 252 g/mol. The van der Waals surface area contributed by atoms with E-state index in [4.69, 9.17) is 0 Å². The van der Waals surface area contributed by atoms with Crippen molar-refractivity contribution in [2.45, 2.75) is 44.5 Å². The average molecular weight is 252 g/mol. The maximum Gasteiger partial charge on any atom is 0.192 e. The van der Waals surface area contributed by atoms with Gasteiger partial charge in [0.2, 0.25) is 0 Å². The highest BCUT2D eigenvalue weighted by Crippen LogP contribution is 2.31. The molecule has 3 heteroatoms. The summed E-state index contributed by atoms with van der Waals surface area (Å²) in [6.45, 7) is 7.66. The first-order valence-electron chi connectivity index (χ1n) is 5.70. The number of benzene rings is 1.